The largest absolute Gasteiger partial charge is 0.388 e. The topological polar surface area (TPSA) is 46.2 Å². The molecule has 1 atom stereocenters. The minimum Gasteiger partial charge on any atom is -0.388 e. The maximum atomic E-state index is 9.90. The van der Waals surface area contributed by atoms with E-state index in [4.69, 9.17) is 5.73 Å². The van der Waals surface area contributed by atoms with E-state index in [0.29, 0.717) is 13.0 Å². The van der Waals surface area contributed by atoms with E-state index in [1.807, 2.05) is 54.6 Å². The lowest BCUT2D eigenvalue weighted by Crippen LogP contribution is -2.06. The zero-order valence-electron chi connectivity index (χ0n) is 10.7. The minimum atomic E-state index is -0.511. The Morgan fingerprint density at radius 2 is 1.63 bits per heavy atom. The maximum Gasteiger partial charge on any atom is 0.0802 e. The Bertz CT molecular complexity index is 581. The molecular weight excluding hydrogens is 234 g/mol. The first-order chi connectivity index (χ1) is 9.29. The molecule has 0 aromatic heterocycles. The third-order valence-electron chi connectivity index (χ3n) is 2.84. The third kappa shape index (κ3) is 3.96. The van der Waals surface area contributed by atoms with Crippen LogP contribution in [-0.2, 0) is 0 Å². The molecule has 0 aliphatic rings. The van der Waals surface area contributed by atoms with E-state index in [0.717, 1.165) is 16.7 Å². The number of nitrogens with two attached hydrogens (primary N) is 1. The number of rotatable bonds is 3. The minimum absolute atomic E-state index is 0.473. The maximum absolute atomic E-state index is 9.90. The number of aliphatic hydroxyl groups is 1. The van der Waals surface area contributed by atoms with Gasteiger partial charge in [-0.1, -0.05) is 42.2 Å². The molecule has 0 aliphatic heterocycles. The first kappa shape index (κ1) is 13.4. The highest BCUT2D eigenvalue weighted by atomic mass is 16.3. The van der Waals surface area contributed by atoms with Crippen LogP contribution in [0.4, 0.5) is 0 Å². The van der Waals surface area contributed by atoms with Crippen molar-refractivity contribution in [3.8, 4) is 11.8 Å². The van der Waals surface area contributed by atoms with Gasteiger partial charge >= 0.3 is 0 Å². The van der Waals surface area contributed by atoms with Crippen LogP contribution in [0, 0.1) is 11.8 Å². The van der Waals surface area contributed by atoms with E-state index in [9.17, 15) is 5.11 Å². The fourth-order valence-corrected chi connectivity index (χ4v) is 1.81. The highest BCUT2D eigenvalue weighted by Gasteiger charge is 2.05. The number of aliphatic hydroxyl groups excluding tert-OH is 1. The van der Waals surface area contributed by atoms with Gasteiger partial charge in [0, 0.05) is 11.1 Å². The molecule has 0 saturated carbocycles. The predicted molar refractivity (Wildman–Crippen MR) is 77.5 cm³/mol. The van der Waals surface area contributed by atoms with Crippen molar-refractivity contribution in [2.75, 3.05) is 6.54 Å². The molecule has 2 nitrogen and oxygen atoms in total. The van der Waals surface area contributed by atoms with Gasteiger partial charge in [0.1, 0.15) is 0 Å². The van der Waals surface area contributed by atoms with E-state index in [-0.39, 0.29) is 0 Å². The normalized spacial score (nSPS) is 11.5. The van der Waals surface area contributed by atoms with Crippen LogP contribution in [0.5, 0.6) is 0 Å². The zero-order chi connectivity index (χ0) is 13.5. The fraction of sp³-hybridized carbons (Fsp3) is 0.176. The molecule has 0 amide bonds. The van der Waals surface area contributed by atoms with E-state index >= 15 is 0 Å². The number of benzene rings is 2. The molecule has 2 heteroatoms. The highest BCUT2D eigenvalue weighted by Crippen LogP contribution is 2.16. The molecule has 2 aromatic carbocycles. The number of hydrogen-bond donors (Lipinski definition) is 2. The van der Waals surface area contributed by atoms with Gasteiger partial charge in [-0.2, -0.15) is 0 Å². The predicted octanol–water partition coefficient (Wildman–Crippen LogP) is 2.47. The fourth-order valence-electron chi connectivity index (χ4n) is 1.81. The van der Waals surface area contributed by atoms with Crippen molar-refractivity contribution in [1.29, 1.82) is 0 Å². The van der Waals surface area contributed by atoms with Crippen LogP contribution < -0.4 is 5.73 Å². The van der Waals surface area contributed by atoms with Crippen molar-refractivity contribution >= 4 is 0 Å². The quantitative estimate of drug-likeness (QED) is 0.823. The van der Waals surface area contributed by atoms with Crippen molar-refractivity contribution in [1.82, 2.24) is 0 Å². The lowest BCUT2D eigenvalue weighted by atomic mass is 10.0. The first-order valence-corrected chi connectivity index (χ1v) is 6.35. The first-order valence-electron chi connectivity index (χ1n) is 6.35. The molecule has 0 spiro atoms. The molecule has 0 bridgehead atoms. The lowest BCUT2D eigenvalue weighted by molar-refractivity contribution is 0.170. The molecule has 0 aliphatic carbocycles. The summed E-state index contributed by atoms with van der Waals surface area (Å²) in [6.07, 6.45) is 0.0544. The van der Waals surface area contributed by atoms with Gasteiger partial charge in [0.2, 0.25) is 0 Å². The van der Waals surface area contributed by atoms with Crippen molar-refractivity contribution in [3.05, 3.63) is 71.3 Å². The van der Waals surface area contributed by atoms with Gasteiger partial charge in [-0.15, -0.1) is 0 Å². The Morgan fingerprint density at radius 1 is 0.947 bits per heavy atom. The van der Waals surface area contributed by atoms with Crippen LogP contribution in [0.3, 0.4) is 0 Å². The summed E-state index contributed by atoms with van der Waals surface area (Å²) >= 11 is 0. The summed E-state index contributed by atoms with van der Waals surface area (Å²) in [5, 5.41) is 9.90. The second-order valence-electron chi connectivity index (χ2n) is 4.33. The molecule has 0 saturated heterocycles. The molecule has 0 heterocycles. The molecule has 19 heavy (non-hydrogen) atoms. The summed E-state index contributed by atoms with van der Waals surface area (Å²) in [5.41, 5.74) is 8.20. The summed E-state index contributed by atoms with van der Waals surface area (Å²) in [4.78, 5) is 0. The van der Waals surface area contributed by atoms with Crippen LogP contribution in [0.25, 0.3) is 0 Å². The van der Waals surface area contributed by atoms with Crippen LogP contribution in [-0.4, -0.2) is 11.7 Å². The molecule has 96 valence electrons. The number of hydrogen-bond acceptors (Lipinski definition) is 2. The Balaban J connectivity index is 2.18. The van der Waals surface area contributed by atoms with Gasteiger partial charge < -0.3 is 10.8 Å². The molecule has 2 rings (SSSR count). The molecular formula is C17H17NO. The Kier molecular flexibility index (Phi) is 4.74. The van der Waals surface area contributed by atoms with E-state index in [1.54, 1.807) is 0 Å². The average molecular weight is 251 g/mol. The van der Waals surface area contributed by atoms with Crippen LogP contribution in [0.15, 0.2) is 54.6 Å². The van der Waals surface area contributed by atoms with Crippen molar-refractivity contribution in [2.45, 2.75) is 12.5 Å². The standard InChI is InChI=1S/C17H17NO/c18-12-11-17(19)16-8-4-7-15(13-16)10-9-14-5-2-1-3-6-14/h1-8,13,17,19H,11-12,18H2. The third-order valence-corrected chi connectivity index (χ3v) is 2.84. The summed E-state index contributed by atoms with van der Waals surface area (Å²) < 4.78 is 0. The molecule has 2 aromatic rings. The molecule has 0 fully saturated rings. The van der Waals surface area contributed by atoms with Gasteiger partial charge in [-0.05, 0) is 42.8 Å². The second kappa shape index (κ2) is 6.75. The van der Waals surface area contributed by atoms with Crippen molar-refractivity contribution < 1.29 is 5.11 Å². The Labute approximate surface area is 113 Å². The van der Waals surface area contributed by atoms with E-state index < -0.39 is 6.10 Å². The van der Waals surface area contributed by atoms with E-state index in [1.165, 1.54) is 0 Å². The van der Waals surface area contributed by atoms with Crippen molar-refractivity contribution in [3.63, 3.8) is 0 Å². The summed E-state index contributed by atoms with van der Waals surface area (Å²) in [6.45, 7) is 0.473. The van der Waals surface area contributed by atoms with Gasteiger partial charge in [0.25, 0.3) is 0 Å². The van der Waals surface area contributed by atoms with Crippen LogP contribution in [0.1, 0.15) is 29.2 Å². The van der Waals surface area contributed by atoms with Crippen LogP contribution >= 0.6 is 0 Å². The van der Waals surface area contributed by atoms with Gasteiger partial charge in [0.15, 0.2) is 0 Å². The summed E-state index contributed by atoms with van der Waals surface area (Å²) in [5.74, 6) is 6.21. The van der Waals surface area contributed by atoms with Crippen molar-refractivity contribution in [2.24, 2.45) is 5.73 Å². The van der Waals surface area contributed by atoms with Gasteiger partial charge in [-0.25, -0.2) is 0 Å². The van der Waals surface area contributed by atoms with Crippen LogP contribution in [0.2, 0.25) is 0 Å². The van der Waals surface area contributed by atoms with E-state index in [2.05, 4.69) is 11.8 Å². The summed E-state index contributed by atoms with van der Waals surface area (Å²) in [6, 6.07) is 17.5. The van der Waals surface area contributed by atoms with Gasteiger partial charge in [-0.3, -0.25) is 0 Å². The zero-order valence-corrected chi connectivity index (χ0v) is 10.7. The average Bonchev–Trinajstić information content (AvgIpc) is 2.47. The SMILES string of the molecule is NCCC(O)c1cccc(C#Cc2ccccc2)c1. The monoisotopic (exact) mass is 251 g/mol. The Morgan fingerprint density at radius 3 is 2.37 bits per heavy atom. The highest BCUT2D eigenvalue weighted by molar-refractivity contribution is 5.44. The lowest BCUT2D eigenvalue weighted by Gasteiger charge is -2.09. The summed E-state index contributed by atoms with van der Waals surface area (Å²) in [7, 11) is 0. The second-order valence-corrected chi connectivity index (χ2v) is 4.33. The van der Waals surface area contributed by atoms with Gasteiger partial charge in [0.05, 0.1) is 6.10 Å². The Hall–Kier alpha value is -2.08. The smallest absolute Gasteiger partial charge is 0.0802 e. The molecule has 0 radical (unpaired) electrons. The molecule has 1 unspecified atom stereocenters. The molecule has 3 N–H and O–H groups in total.